The first kappa shape index (κ1) is 28.6. The highest BCUT2D eigenvalue weighted by Gasteiger charge is 2.02. The number of nitrogens with zero attached hydrogens (tertiary/aromatic N) is 1. The van der Waals surface area contributed by atoms with Gasteiger partial charge in [-0.1, -0.05) is 103 Å². The molecule has 0 fully saturated rings. The van der Waals surface area contributed by atoms with Crippen LogP contribution in [0.5, 0.6) is 0 Å². The zero-order valence-corrected chi connectivity index (χ0v) is 19.8. The fourth-order valence-electron chi connectivity index (χ4n) is 3.91. The Hall–Kier alpha value is -0.380. The van der Waals surface area contributed by atoms with Crippen LogP contribution in [0.1, 0.15) is 122 Å². The average Bonchev–Trinajstić information content (AvgIpc) is 2.72. The standard InChI is InChI=1S/C26H53NO2/c1-2-3-4-5-6-7-8-9-10-11-12-13-14-15-16-17-18-19-20-21-22-27(23-25-28)24-26-29/h9-10,28-29H,2-8,11-26H2,1H3/b10-9-. The van der Waals surface area contributed by atoms with E-state index in [1.54, 1.807) is 0 Å². The van der Waals surface area contributed by atoms with Crippen LogP contribution in [0, 0.1) is 0 Å². The van der Waals surface area contributed by atoms with E-state index in [2.05, 4.69) is 24.0 Å². The third-order valence-electron chi connectivity index (χ3n) is 5.82. The second kappa shape index (κ2) is 25.7. The molecule has 0 atom stereocenters. The van der Waals surface area contributed by atoms with Crippen LogP contribution < -0.4 is 0 Å². The van der Waals surface area contributed by atoms with Crippen molar-refractivity contribution in [2.24, 2.45) is 0 Å². The lowest BCUT2D eigenvalue weighted by Crippen LogP contribution is -2.30. The van der Waals surface area contributed by atoms with Crippen molar-refractivity contribution in [1.29, 1.82) is 0 Å². The van der Waals surface area contributed by atoms with E-state index in [-0.39, 0.29) is 13.2 Å². The van der Waals surface area contributed by atoms with E-state index in [1.807, 2.05) is 0 Å². The number of aliphatic hydroxyl groups excluding tert-OH is 2. The maximum Gasteiger partial charge on any atom is 0.0558 e. The van der Waals surface area contributed by atoms with E-state index in [9.17, 15) is 0 Å². The third-order valence-corrected chi connectivity index (χ3v) is 5.82. The molecule has 0 aromatic rings. The monoisotopic (exact) mass is 411 g/mol. The largest absolute Gasteiger partial charge is 0.395 e. The van der Waals surface area contributed by atoms with Gasteiger partial charge in [0.2, 0.25) is 0 Å². The first-order valence-corrected chi connectivity index (χ1v) is 12.9. The SMILES string of the molecule is CCCCCCCC/C=C\CCCCCCCCCCCCN(CCO)CCO. The highest BCUT2D eigenvalue weighted by atomic mass is 16.3. The Labute approximate surface area is 183 Å². The van der Waals surface area contributed by atoms with Gasteiger partial charge in [0, 0.05) is 13.1 Å². The fourth-order valence-corrected chi connectivity index (χ4v) is 3.91. The number of rotatable bonds is 24. The van der Waals surface area contributed by atoms with Crippen LogP contribution >= 0.6 is 0 Å². The third kappa shape index (κ3) is 23.8. The maximum absolute atomic E-state index is 9.00. The molecule has 0 heterocycles. The van der Waals surface area contributed by atoms with Gasteiger partial charge >= 0.3 is 0 Å². The zero-order valence-electron chi connectivity index (χ0n) is 19.8. The molecule has 2 N–H and O–H groups in total. The predicted molar refractivity (Wildman–Crippen MR) is 129 cm³/mol. The normalized spacial score (nSPS) is 11.9. The molecule has 0 saturated carbocycles. The van der Waals surface area contributed by atoms with Crippen molar-refractivity contribution in [3.63, 3.8) is 0 Å². The smallest absolute Gasteiger partial charge is 0.0558 e. The molecule has 0 bridgehead atoms. The molecule has 0 unspecified atom stereocenters. The Morgan fingerprint density at radius 3 is 1.28 bits per heavy atom. The number of aliphatic hydroxyl groups is 2. The highest BCUT2D eigenvalue weighted by Crippen LogP contribution is 2.12. The molecule has 0 saturated heterocycles. The number of hydrogen-bond acceptors (Lipinski definition) is 3. The summed E-state index contributed by atoms with van der Waals surface area (Å²) in [6.45, 7) is 5.05. The van der Waals surface area contributed by atoms with E-state index in [0.717, 1.165) is 6.54 Å². The van der Waals surface area contributed by atoms with Crippen molar-refractivity contribution < 1.29 is 10.2 Å². The van der Waals surface area contributed by atoms with Gasteiger partial charge in [-0.3, -0.25) is 4.90 Å². The summed E-state index contributed by atoms with van der Waals surface area (Å²) in [5.41, 5.74) is 0. The fraction of sp³-hybridized carbons (Fsp3) is 0.923. The maximum atomic E-state index is 9.00. The van der Waals surface area contributed by atoms with Crippen LogP contribution in [0.3, 0.4) is 0 Å². The Morgan fingerprint density at radius 1 is 0.483 bits per heavy atom. The van der Waals surface area contributed by atoms with Crippen LogP contribution in [0.15, 0.2) is 12.2 Å². The minimum atomic E-state index is 0.190. The summed E-state index contributed by atoms with van der Waals surface area (Å²) in [6, 6.07) is 0. The van der Waals surface area contributed by atoms with E-state index in [1.165, 1.54) is 116 Å². The van der Waals surface area contributed by atoms with Crippen molar-refractivity contribution in [3.8, 4) is 0 Å². The second-order valence-electron chi connectivity index (χ2n) is 8.64. The van der Waals surface area contributed by atoms with Crippen molar-refractivity contribution in [2.45, 2.75) is 122 Å². The van der Waals surface area contributed by atoms with Gasteiger partial charge < -0.3 is 10.2 Å². The van der Waals surface area contributed by atoms with Gasteiger partial charge in [0.05, 0.1) is 13.2 Å². The second-order valence-corrected chi connectivity index (χ2v) is 8.64. The minimum absolute atomic E-state index is 0.190. The molecule has 0 aromatic carbocycles. The molecule has 3 nitrogen and oxygen atoms in total. The molecule has 3 heteroatoms. The summed E-state index contributed by atoms with van der Waals surface area (Å²) in [5, 5.41) is 18.0. The summed E-state index contributed by atoms with van der Waals surface area (Å²) in [6.07, 6.45) is 29.3. The Kier molecular flexibility index (Phi) is 25.3. The topological polar surface area (TPSA) is 43.7 Å². The van der Waals surface area contributed by atoms with E-state index in [0.29, 0.717) is 13.1 Å². The van der Waals surface area contributed by atoms with Gasteiger partial charge in [-0.2, -0.15) is 0 Å². The summed E-state index contributed by atoms with van der Waals surface area (Å²) >= 11 is 0. The van der Waals surface area contributed by atoms with Gasteiger partial charge in [0.1, 0.15) is 0 Å². The van der Waals surface area contributed by atoms with Gasteiger partial charge in [-0.15, -0.1) is 0 Å². The van der Waals surface area contributed by atoms with E-state index >= 15 is 0 Å². The van der Waals surface area contributed by atoms with E-state index in [4.69, 9.17) is 10.2 Å². The lowest BCUT2D eigenvalue weighted by atomic mass is 10.1. The Bertz CT molecular complexity index is 314. The molecule has 0 aliphatic heterocycles. The van der Waals surface area contributed by atoms with Crippen LogP contribution in [0.4, 0.5) is 0 Å². The summed E-state index contributed by atoms with van der Waals surface area (Å²) in [5.74, 6) is 0. The molecular weight excluding hydrogens is 358 g/mol. The molecule has 174 valence electrons. The molecule has 0 amide bonds. The lowest BCUT2D eigenvalue weighted by Gasteiger charge is -2.19. The number of hydrogen-bond donors (Lipinski definition) is 2. The van der Waals surface area contributed by atoms with Crippen LogP contribution in [-0.4, -0.2) is 48.0 Å². The Morgan fingerprint density at radius 2 is 0.862 bits per heavy atom. The van der Waals surface area contributed by atoms with Crippen molar-refractivity contribution in [1.82, 2.24) is 4.90 Å². The highest BCUT2D eigenvalue weighted by molar-refractivity contribution is 4.81. The van der Waals surface area contributed by atoms with Gasteiger partial charge in [-0.25, -0.2) is 0 Å². The molecule has 0 aliphatic rings. The minimum Gasteiger partial charge on any atom is -0.395 e. The van der Waals surface area contributed by atoms with Gasteiger partial charge in [0.15, 0.2) is 0 Å². The van der Waals surface area contributed by atoms with Crippen LogP contribution in [0.2, 0.25) is 0 Å². The molecule has 0 aromatic heterocycles. The molecule has 0 spiro atoms. The quantitative estimate of drug-likeness (QED) is 0.134. The summed E-state index contributed by atoms with van der Waals surface area (Å²) < 4.78 is 0. The van der Waals surface area contributed by atoms with Gasteiger partial charge in [-0.05, 0) is 38.6 Å². The first-order valence-electron chi connectivity index (χ1n) is 12.9. The number of allylic oxidation sites excluding steroid dienone is 2. The summed E-state index contributed by atoms with van der Waals surface area (Å²) in [4.78, 5) is 2.16. The van der Waals surface area contributed by atoms with Crippen LogP contribution in [0.25, 0.3) is 0 Å². The zero-order chi connectivity index (χ0) is 21.3. The summed E-state index contributed by atoms with van der Waals surface area (Å²) in [7, 11) is 0. The molecule has 0 rings (SSSR count). The number of unbranched alkanes of at least 4 members (excludes halogenated alkanes) is 16. The van der Waals surface area contributed by atoms with Gasteiger partial charge in [0.25, 0.3) is 0 Å². The van der Waals surface area contributed by atoms with Crippen molar-refractivity contribution in [2.75, 3.05) is 32.8 Å². The molecule has 29 heavy (non-hydrogen) atoms. The first-order chi connectivity index (χ1) is 14.3. The predicted octanol–water partition coefficient (Wildman–Crippen LogP) is 6.87. The molecule has 0 radical (unpaired) electrons. The molecular formula is C26H53NO2. The Balaban J connectivity index is 3.19. The van der Waals surface area contributed by atoms with Crippen molar-refractivity contribution in [3.05, 3.63) is 12.2 Å². The molecule has 0 aliphatic carbocycles. The lowest BCUT2D eigenvalue weighted by molar-refractivity contribution is 0.159. The van der Waals surface area contributed by atoms with Crippen LogP contribution in [-0.2, 0) is 0 Å². The average molecular weight is 412 g/mol. The van der Waals surface area contributed by atoms with Crippen molar-refractivity contribution >= 4 is 0 Å². The van der Waals surface area contributed by atoms with E-state index < -0.39 is 0 Å².